The summed E-state index contributed by atoms with van der Waals surface area (Å²) >= 11 is 3.37. The Balaban J connectivity index is 1.23. The van der Waals surface area contributed by atoms with Crippen molar-refractivity contribution in [2.24, 2.45) is 0 Å². The lowest BCUT2D eigenvalue weighted by atomic mass is 10.1. The number of benzene rings is 1. The molecular formula is C22H21N3O2S2. The first kappa shape index (κ1) is 19.7. The van der Waals surface area contributed by atoms with E-state index in [2.05, 4.69) is 27.1 Å². The van der Waals surface area contributed by atoms with Crippen LogP contribution in [0.3, 0.4) is 0 Å². The quantitative estimate of drug-likeness (QED) is 0.384. The van der Waals surface area contributed by atoms with Crippen LogP contribution in [0.2, 0.25) is 0 Å². The molecule has 0 amide bonds. The van der Waals surface area contributed by atoms with Gasteiger partial charge in [0, 0.05) is 42.0 Å². The average Bonchev–Trinajstić information content (AvgIpc) is 3.46. The SMILES string of the molecule is O[C@@H](CNCCOc1ccc(-c2csc(-c3cccs3)n2)cc1)c1cccnc1. The molecule has 4 aromatic rings. The molecule has 0 spiro atoms. The normalized spacial score (nSPS) is 12.0. The molecular weight excluding hydrogens is 402 g/mol. The molecule has 0 aliphatic rings. The van der Waals surface area contributed by atoms with Crippen LogP contribution in [0.1, 0.15) is 11.7 Å². The number of aliphatic hydroxyl groups is 1. The molecule has 3 aromatic heterocycles. The summed E-state index contributed by atoms with van der Waals surface area (Å²) in [5.74, 6) is 0.817. The molecule has 2 N–H and O–H groups in total. The largest absolute Gasteiger partial charge is 0.492 e. The van der Waals surface area contributed by atoms with Gasteiger partial charge in [0.2, 0.25) is 0 Å². The van der Waals surface area contributed by atoms with Crippen LogP contribution in [-0.2, 0) is 0 Å². The first-order valence-corrected chi connectivity index (χ1v) is 11.1. The number of aliphatic hydroxyl groups excluding tert-OH is 1. The van der Waals surface area contributed by atoms with Gasteiger partial charge in [0.25, 0.3) is 0 Å². The van der Waals surface area contributed by atoms with E-state index in [9.17, 15) is 5.11 Å². The maximum absolute atomic E-state index is 10.1. The lowest BCUT2D eigenvalue weighted by Gasteiger charge is -2.12. The monoisotopic (exact) mass is 423 g/mol. The molecule has 4 rings (SSSR count). The molecule has 0 aliphatic carbocycles. The van der Waals surface area contributed by atoms with Crippen molar-refractivity contribution in [3.05, 3.63) is 77.2 Å². The van der Waals surface area contributed by atoms with E-state index in [1.165, 1.54) is 4.88 Å². The number of rotatable bonds is 9. The van der Waals surface area contributed by atoms with Crippen molar-refractivity contribution in [3.8, 4) is 26.9 Å². The molecule has 0 saturated heterocycles. The Morgan fingerprint density at radius 3 is 2.72 bits per heavy atom. The maximum Gasteiger partial charge on any atom is 0.134 e. The summed E-state index contributed by atoms with van der Waals surface area (Å²) < 4.78 is 5.78. The van der Waals surface area contributed by atoms with Crippen LogP contribution in [0.25, 0.3) is 21.1 Å². The molecule has 1 aromatic carbocycles. The second-order valence-corrected chi connectivity index (χ2v) is 8.20. The Kier molecular flexibility index (Phi) is 6.63. The van der Waals surface area contributed by atoms with Gasteiger partial charge in [-0.25, -0.2) is 4.98 Å². The predicted molar refractivity (Wildman–Crippen MR) is 118 cm³/mol. The van der Waals surface area contributed by atoms with Crippen molar-refractivity contribution in [2.75, 3.05) is 19.7 Å². The van der Waals surface area contributed by atoms with Gasteiger partial charge in [-0.1, -0.05) is 12.1 Å². The minimum atomic E-state index is -0.569. The number of hydrogen-bond donors (Lipinski definition) is 2. The van der Waals surface area contributed by atoms with Crippen LogP contribution in [0.4, 0.5) is 0 Å². The van der Waals surface area contributed by atoms with Crippen molar-refractivity contribution in [1.29, 1.82) is 0 Å². The lowest BCUT2D eigenvalue weighted by Crippen LogP contribution is -2.26. The van der Waals surface area contributed by atoms with Gasteiger partial charge in [-0.2, -0.15) is 0 Å². The Morgan fingerprint density at radius 1 is 1.07 bits per heavy atom. The van der Waals surface area contributed by atoms with Crippen molar-refractivity contribution in [1.82, 2.24) is 15.3 Å². The lowest BCUT2D eigenvalue weighted by molar-refractivity contribution is 0.171. The van der Waals surface area contributed by atoms with Crippen LogP contribution in [0, 0.1) is 0 Å². The first-order valence-electron chi connectivity index (χ1n) is 9.31. The summed E-state index contributed by atoms with van der Waals surface area (Å²) in [7, 11) is 0. The number of nitrogens with zero attached hydrogens (tertiary/aromatic N) is 2. The standard InChI is InChI=1S/C22H21N3O2S2/c26-20(17-3-1-9-23-13-17)14-24-10-11-27-18-7-5-16(6-8-18)19-15-29-22(25-19)21-4-2-12-28-21/h1-9,12-13,15,20,24,26H,10-11,14H2/t20-/m0/s1. The van der Waals surface area contributed by atoms with E-state index in [4.69, 9.17) is 9.72 Å². The molecule has 0 aliphatic heterocycles. The Morgan fingerprint density at radius 2 is 1.97 bits per heavy atom. The number of pyridine rings is 1. The van der Waals surface area contributed by atoms with Gasteiger partial charge < -0.3 is 15.2 Å². The highest BCUT2D eigenvalue weighted by atomic mass is 32.1. The summed E-state index contributed by atoms with van der Waals surface area (Å²) in [5.41, 5.74) is 2.87. The molecule has 7 heteroatoms. The molecule has 0 saturated carbocycles. The van der Waals surface area contributed by atoms with E-state index in [1.54, 1.807) is 35.1 Å². The van der Waals surface area contributed by atoms with Gasteiger partial charge in [-0.3, -0.25) is 4.98 Å². The van der Waals surface area contributed by atoms with Crippen LogP contribution in [0.5, 0.6) is 5.75 Å². The van der Waals surface area contributed by atoms with Gasteiger partial charge in [-0.15, -0.1) is 22.7 Å². The fraction of sp³-hybridized carbons (Fsp3) is 0.182. The highest BCUT2D eigenvalue weighted by Gasteiger charge is 2.08. The molecule has 0 radical (unpaired) electrons. The van der Waals surface area contributed by atoms with Crippen molar-refractivity contribution >= 4 is 22.7 Å². The van der Waals surface area contributed by atoms with Crippen molar-refractivity contribution in [3.63, 3.8) is 0 Å². The van der Waals surface area contributed by atoms with E-state index in [-0.39, 0.29) is 0 Å². The van der Waals surface area contributed by atoms with Crippen LogP contribution in [-0.4, -0.2) is 34.8 Å². The molecule has 0 bridgehead atoms. The highest BCUT2D eigenvalue weighted by Crippen LogP contribution is 2.32. The zero-order valence-electron chi connectivity index (χ0n) is 15.7. The summed E-state index contributed by atoms with van der Waals surface area (Å²) in [6.07, 6.45) is 2.80. The number of thiazole rings is 1. The topological polar surface area (TPSA) is 67.3 Å². The van der Waals surface area contributed by atoms with Gasteiger partial charge in [0.05, 0.1) is 16.7 Å². The molecule has 29 heavy (non-hydrogen) atoms. The van der Waals surface area contributed by atoms with Gasteiger partial charge >= 0.3 is 0 Å². The van der Waals surface area contributed by atoms with Crippen LogP contribution >= 0.6 is 22.7 Å². The fourth-order valence-electron chi connectivity index (χ4n) is 2.81. The number of hydrogen-bond acceptors (Lipinski definition) is 7. The van der Waals surface area contributed by atoms with Gasteiger partial charge in [0.1, 0.15) is 17.4 Å². The Hall–Kier alpha value is -2.58. The van der Waals surface area contributed by atoms with E-state index in [0.29, 0.717) is 19.7 Å². The van der Waals surface area contributed by atoms with E-state index < -0.39 is 6.10 Å². The zero-order valence-corrected chi connectivity index (χ0v) is 17.3. The molecule has 5 nitrogen and oxygen atoms in total. The highest BCUT2D eigenvalue weighted by molar-refractivity contribution is 7.20. The van der Waals surface area contributed by atoms with Gasteiger partial charge in [-0.05, 0) is 41.8 Å². The molecule has 0 unspecified atom stereocenters. The average molecular weight is 424 g/mol. The number of thiophene rings is 1. The number of aromatic nitrogens is 2. The smallest absolute Gasteiger partial charge is 0.134 e. The molecule has 0 fully saturated rings. The molecule has 1 atom stereocenters. The summed E-state index contributed by atoms with van der Waals surface area (Å²) in [4.78, 5) is 9.94. The number of nitrogens with one attached hydrogen (secondary N) is 1. The second-order valence-electron chi connectivity index (χ2n) is 6.39. The third kappa shape index (κ3) is 5.27. The number of ether oxygens (including phenoxy) is 1. The van der Waals surface area contributed by atoms with Crippen molar-refractivity contribution < 1.29 is 9.84 Å². The third-order valence-corrected chi connectivity index (χ3v) is 6.22. The summed E-state index contributed by atoms with van der Waals surface area (Å²) in [6, 6.07) is 15.8. The predicted octanol–water partition coefficient (Wildman–Crippen LogP) is 4.64. The minimum Gasteiger partial charge on any atom is -0.492 e. The second kappa shape index (κ2) is 9.76. The molecule has 3 heterocycles. The van der Waals surface area contributed by atoms with Crippen molar-refractivity contribution in [2.45, 2.75) is 6.10 Å². The Bertz CT molecular complexity index is 1000. The first-order chi connectivity index (χ1) is 14.3. The zero-order chi connectivity index (χ0) is 19.9. The van der Waals surface area contributed by atoms with E-state index >= 15 is 0 Å². The van der Waals surface area contributed by atoms with Gasteiger partial charge in [0.15, 0.2) is 0 Å². The minimum absolute atomic E-state index is 0.463. The summed E-state index contributed by atoms with van der Waals surface area (Å²) in [6.45, 7) is 1.64. The van der Waals surface area contributed by atoms with E-state index in [0.717, 1.165) is 27.6 Å². The van der Waals surface area contributed by atoms with Crippen LogP contribution in [0.15, 0.2) is 71.7 Å². The van der Waals surface area contributed by atoms with Crippen LogP contribution < -0.4 is 10.1 Å². The summed E-state index contributed by atoms with van der Waals surface area (Å²) in [5, 5.41) is 18.5. The molecule has 148 valence electrons. The fourth-order valence-corrected chi connectivity index (χ4v) is 4.46. The third-order valence-electron chi connectivity index (χ3n) is 4.34. The van der Waals surface area contributed by atoms with E-state index in [1.807, 2.05) is 42.5 Å². The Labute approximate surface area is 177 Å². The maximum atomic E-state index is 10.1.